The van der Waals surface area contributed by atoms with Crippen LogP contribution in [-0.2, 0) is 22.3 Å². The third-order valence-electron chi connectivity index (χ3n) is 6.03. The molecule has 4 heterocycles. The van der Waals surface area contributed by atoms with Gasteiger partial charge in [0, 0.05) is 18.8 Å². The lowest BCUT2D eigenvalue weighted by molar-refractivity contribution is -0.0531. The SMILES string of the molecule is CCc1n[nH]c2c1C(=O)NCC1(CCOC(CCCOC(=O)c3cc(C)ns3)C1)C2. The van der Waals surface area contributed by atoms with Crippen molar-refractivity contribution >= 4 is 23.4 Å². The van der Waals surface area contributed by atoms with Crippen molar-refractivity contribution in [2.75, 3.05) is 19.8 Å². The molecule has 0 bridgehead atoms. The summed E-state index contributed by atoms with van der Waals surface area (Å²) in [4.78, 5) is 25.2. The molecule has 2 aliphatic rings. The molecule has 30 heavy (non-hydrogen) atoms. The van der Waals surface area contributed by atoms with Crippen molar-refractivity contribution in [3.8, 4) is 0 Å². The number of H-pyrrole nitrogens is 1. The van der Waals surface area contributed by atoms with Crippen LogP contribution in [-0.4, -0.2) is 52.3 Å². The number of aromatic nitrogens is 3. The molecule has 2 aromatic rings. The summed E-state index contributed by atoms with van der Waals surface area (Å²) < 4.78 is 15.5. The monoisotopic (exact) mass is 432 g/mol. The van der Waals surface area contributed by atoms with Gasteiger partial charge in [-0.25, -0.2) is 4.79 Å². The number of amides is 1. The van der Waals surface area contributed by atoms with Crippen molar-refractivity contribution in [3.05, 3.63) is 33.6 Å². The average Bonchev–Trinajstić information content (AvgIpc) is 3.32. The highest BCUT2D eigenvalue weighted by molar-refractivity contribution is 7.08. The molecule has 2 atom stereocenters. The Morgan fingerprint density at radius 2 is 2.33 bits per heavy atom. The standard InChI is InChI=1S/C21H28N4O4S/c1-3-15-18-16(24-23-15)11-21(12-22-19(18)26)6-8-28-14(10-21)5-4-7-29-20(27)17-9-13(2)25-30-17/h9,14H,3-8,10-12H2,1-2H3,(H,22,26)(H,23,24). The summed E-state index contributed by atoms with van der Waals surface area (Å²) >= 11 is 1.17. The van der Waals surface area contributed by atoms with E-state index < -0.39 is 0 Å². The summed E-state index contributed by atoms with van der Waals surface area (Å²) in [5.74, 6) is -0.340. The van der Waals surface area contributed by atoms with E-state index in [9.17, 15) is 9.59 Å². The first-order chi connectivity index (χ1) is 14.5. The lowest BCUT2D eigenvalue weighted by atomic mass is 9.73. The Hall–Kier alpha value is -2.26. The van der Waals surface area contributed by atoms with Crippen LogP contribution in [0.5, 0.6) is 0 Å². The third-order valence-corrected chi connectivity index (χ3v) is 6.89. The number of aromatic amines is 1. The molecule has 162 valence electrons. The number of esters is 1. The van der Waals surface area contributed by atoms with Gasteiger partial charge in [0.2, 0.25) is 0 Å². The van der Waals surface area contributed by atoms with Gasteiger partial charge in [0.25, 0.3) is 5.91 Å². The first-order valence-electron chi connectivity index (χ1n) is 10.6. The minimum absolute atomic E-state index is 0.0271. The number of aryl methyl sites for hydroxylation is 2. The quantitative estimate of drug-likeness (QED) is 0.537. The Labute approximate surface area is 179 Å². The summed E-state index contributed by atoms with van der Waals surface area (Å²) in [6.07, 6.45) is 4.96. The average molecular weight is 433 g/mol. The second kappa shape index (κ2) is 8.85. The van der Waals surface area contributed by atoms with Gasteiger partial charge in [-0.2, -0.15) is 9.47 Å². The summed E-state index contributed by atoms with van der Waals surface area (Å²) in [5, 5.41) is 10.6. The maximum absolute atomic E-state index is 12.6. The van der Waals surface area contributed by atoms with Gasteiger partial charge in [-0.3, -0.25) is 9.89 Å². The highest BCUT2D eigenvalue weighted by Gasteiger charge is 2.41. The van der Waals surface area contributed by atoms with Gasteiger partial charge in [0.15, 0.2) is 0 Å². The van der Waals surface area contributed by atoms with Crippen LogP contribution in [0.15, 0.2) is 6.07 Å². The lowest BCUT2D eigenvalue weighted by Gasteiger charge is -2.40. The lowest BCUT2D eigenvalue weighted by Crippen LogP contribution is -2.43. The van der Waals surface area contributed by atoms with Crippen molar-refractivity contribution < 1.29 is 19.1 Å². The molecule has 0 radical (unpaired) electrons. The molecule has 2 unspecified atom stereocenters. The number of ether oxygens (including phenoxy) is 2. The predicted molar refractivity (Wildman–Crippen MR) is 112 cm³/mol. The van der Waals surface area contributed by atoms with E-state index in [0.29, 0.717) is 24.6 Å². The second-order valence-electron chi connectivity index (χ2n) is 8.29. The Morgan fingerprint density at radius 1 is 1.47 bits per heavy atom. The van der Waals surface area contributed by atoms with E-state index in [1.54, 1.807) is 6.07 Å². The van der Waals surface area contributed by atoms with Crippen LogP contribution in [0.1, 0.15) is 69.7 Å². The molecule has 1 saturated heterocycles. The number of hydrogen-bond acceptors (Lipinski definition) is 7. The largest absolute Gasteiger partial charge is 0.461 e. The molecule has 1 fully saturated rings. The van der Waals surface area contributed by atoms with E-state index in [4.69, 9.17) is 9.47 Å². The van der Waals surface area contributed by atoms with Crippen molar-refractivity contribution in [1.82, 2.24) is 19.9 Å². The van der Waals surface area contributed by atoms with Crippen molar-refractivity contribution in [2.45, 2.75) is 58.5 Å². The number of hydrogen-bond donors (Lipinski definition) is 2. The number of nitrogens with zero attached hydrogens (tertiary/aromatic N) is 2. The zero-order chi connectivity index (χ0) is 21.1. The highest BCUT2D eigenvalue weighted by Crippen LogP contribution is 2.39. The fraction of sp³-hybridized carbons (Fsp3) is 0.619. The third kappa shape index (κ3) is 4.41. The molecule has 1 spiro atoms. The minimum Gasteiger partial charge on any atom is -0.461 e. The number of carbonyl (C=O) groups excluding carboxylic acids is 2. The van der Waals surface area contributed by atoms with E-state index in [1.807, 2.05) is 13.8 Å². The summed E-state index contributed by atoms with van der Waals surface area (Å²) in [6, 6.07) is 1.75. The van der Waals surface area contributed by atoms with Gasteiger partial charge in [-0.1, -0.05) is 6.92 Å². The fourth-order valence-corrected chi connectivity index (χ4v) is 5.12. The van der Waals surface area contributed by atoms with Crippen molar-refractivity contribution in [1.29, 1.82) is 0 Å². The van der Waals surface area contributed by atoms with Crippen molar-refractivity contribution in [2.24, 2.45) is 5.41 Å². The van der Waals surface area contributed by atoms with Gasteiger partial charge < -0.3 is 14.8 Å². The van der Waals surface area contributed by atoms with Crippen LogP contribution in [0.4, 0.5) is 0 Å². The first-order valence-corrected chi connectivity index (χ1v) is 11.3. The Morgan fingerprint density at radius 3 is 3.10 bits per heavy atom. The van der Waals surface area contributed by atoms with E-state index in [-0.39, 0.29) is 23.4 Å². The van der Waals surface area contributed by atoms with E-state index in [2.05, 4.69) is 19.9 Å². The van der Waals surface area contributed by atoms with Gasteiger partial charge in [0.1, 0.15) is 4.88 Å². The summed E-state index contributed by atoms with van der Waals surface area (Å²) in [7, 11) is 0. The van der Waals surface area contributed by atoms with Crippen LogP contribution in [0, 0.1) is 12.3 Å². The van der Waals surface area contributed by atoms with Crippen LogP contribution < -0.4 is 5.32 Å². The molecule has 2 aromatic heterocycles. The number of fused-ring (bicyclic) bond motifs is 1. The molecule has 8 nitrogen and oxygen atoms in total. The molecule has 0 saturated carbocycles. The smallest absolute Gasteiger partial charge is 0.349 e. The molecule has 2 N–H and O–H groups in total. The second-order valence-corrected chi connectivity index (χ2v) is 9.10. The fourth-order valence-electron chi connectivity index (χ4n) is 4.47. The first kappa shape index (κ1) is 21.0. The maximum atomic E-state index is 12.6. The summed E-state index contributed by atoms with van der Waals surface area (Å²) in [6.45, 7) is 5.55. The molecule has 0 aromatic carbocycles. The molecule has 4 rings (SSSR count). The van der Waals surface area contributed by atoms with Gasteiger partial charge in [0.05, 0.1) is 29.7 Å². The topological polar surface area (TPSA) is 106 Å². The number of nitrogens with one attached hydrogen (secondary N) is 2. The van der Waals surface area contributed by atoms with Gasteiger partial charge >= 0.3 is 5.97 Å². The molecule has 0 aliphatic carbocycles. The number of rotatable bonds is 6. The van der Waals surface area contributed by atoms with Gasteiger partial charge in [-0.05, 0) is 68.5 Å². The van der Waals surface area contributed by atoms with Crippen LogP contribution >= 0.6 is 11.5 Å². The minimum atomic E-state index is -0.313. The Kier molecular flexibility index (Phi) is 6.19. The molecule has 2 aliphatic heterocycles. The van der Waals surface area contributed by atoms with Crippen molar-refractivity contribution in [3.63, 3.8) is 0 Å². The van der Waals surface area contributed by atoms with E-state index >= 15 is 0 Å². The molecular formula is C21H28N4O4S. The molecule has 1 amide bonds. The van der Waals surface area contributed by atoms with Crippen LogP contribution in [0.3, 0.4) is 0 Å². The van der Waals surface area contributed by atoms with Crippen LogP contribution in [0.2, 0.25) is 0 Å². The Balaban J connectivity index is 1.32. The van der Waals surface area contributed by atoms with E-state index in [1.165, 1.54) is 11.5 Å². The molecule has 9 heteroatoms. The normalized spacial score (nSPS) is 23.7. The summed E-state index contributed by atoms with van der Waals surface area (Å²) in [5.41, 5.74) is 3.30. The van der Waals surface area contributed by atoms with Gasteiger partial charge in [-0.15, -0.1) is 0 Å². The Bertz CT molecular complexity index is 924. The predicted octanol–water partition coefficient (Wildman–Crippen LogP) is 2.83. The van der Waals surface area contributed by atoms with Crippen LogP contribution in [0.25, 0.3) is 0 Å². The maximum Gasteiger partial charge on any atom is 0.349 e. The number of carbonyl (C=O) groups is 2. The zero-order valence-corrected chi connectivity index (χ0v) is 18.3. The zero-order valence-electron chi connectivity index (χ0n) is 17.5. The molecular weight excluding hydrogens is 404 g/mol. The highest BCUT2D eigenvalue weighted by atomic mass is 32.1. The van der Waals surface area contributed by atoms with E-state index in [0.717, 1.165) is 61.2 Å².